The van der Waals surface area contributed by atoms with Crippen molar-refractivity contribution in [2.24, 2.45) is 0 Å². The minimum atomic E-state index is -0.930. The minimum Gasteiger partial charge on any atom is -0.478 e. The summed E-state index contributed by atoms with van der Waals surface area (Å²) in [6.07, 6.45) is 0. The summed E-state index contributed by atoms with van der Waals surface area (Å²) in [6, 6.07) is 4.89. The molecule has 0 bridgehead atoms. The highest BCUT2D eigenvalue weighted by Crippen LogP contribution is 2.12. The van der Waals surface area contributed by atoms with E-state index in [4.69, 9.17) is 14.9 Å². The molecule has 0 saturated carbocycles. The first-order valence-corrected chi connectivity index (χ1v) is 4.66. The summed E-state index contributed by atoms with van der Waals surface area (Å²) < 4.78 is 5.15. The van der Waals surface area contributed by atoms with E-state index in [1.54, 1.807) is 18.2 Å². The summed E-state index contributed by atoms with van der Waals surface area (Å²) in [5, 5.41) is 17.3. The van der Waals surface area contributed by atoms with Crippen LogP contribution in [0.2, 0.25) is 0 Å². The molecule has 0 spiro atoms. The van der Waals surface area contributed by atoms with Crippen LogP contribution in [0.25, 0.3) is 0 Å². The van der Waals surface area contributed by atoms with Crippen LogP contribution >= 0.6 is 0 Å². The van der Waals surface area contributed by atoms with Gasteiger partial charge in [-0.05, 0) is 30.2 Å². The molecule has 0 aromatic heterocycles. The molecule has 0 heterocycles. The molecule has 0 fully saturated rings. The molecule has 1 aromatic rings. The highest BCUT2D eigenvalue weighted by atomic mass is 16.5. The van der Waals surface area contributed by atoms with Crippen LogP contribution in [0.5, 0.6) is 0 Å². The maximum Gasteiger partial charge on any atom is 0.335 e. The fraction of sp³-hybridized carbons (Fsp3) is 0.364. The van der Waals surface area contributed by atoms with E-state index in [-0.39, 0.29) is 12.2 Å². The van der Waals surface area contributed by atoms with Crippen LogP contribution in [0, 0.1) is 6.92 Å². The molecular formula is C11H14O4. The Balaban J connectivity index is 2.70. The number of carboxylic acid groups (broad SMARTS) is 1. The zero-order chi connectivity index (χ0) is 11.3. The standard InChI is InChI=1S/C11H14O4/c1-8-6-9(11(13)14)2-3-10(8)7-15-5-4-12/h2-3,6,12H,4-5,7H2,1H3,(H,13,14). The lowest BCUT2D eigenvalue weighted by Crippen LogP contribution is -2.02. The highest BCUT2D eigenvalue weighted by molar-refractivity contribution is 5.87. The Kier molecular flexibility index (Phi) is 4.27. The van der Waals surface area contributed by atoms with E-state index in [2.05, 4.69) is 0 Å². The van der Waals surface area contributed by atoms with E-state index >= 15 is 0 Å². The maximum atomic E-state index is 10.7. The highest BCUT2D eigenvalue weighted by Gasteiger charge is 2.05. The van der Waals surface area contributed by atoms with Crippen molar-refractivity contribution >= 4 is 5.97 Å². The van der Waals surface area contributed by atoms with Gasteiger partial charge in [-0.2, -0.15) is 0 Å². The first-order chi connectivity index (χ1) is 7.15. The van der Waals surface area contributed by atoms with Crippen LogP contribution in [-0.4, -0.2) is 29.4 Å². The third kappa shape index (κ3) is 3.34. The van der Waals surface area contributed by atoms with Crippen molar-refractivity contribution in [3.63, 3.8) is 0 Å². The second-order valence-corrected chi connectivity index (χ2v) is 3.22. The Labute approximate surface area is 88.1 Å². The first kappa shape index (κ1) is 11.7. The monoisotopic (exact) mass is 210 g/mol. The van der Waals surface area contributed by atoms with Crippen molar-refractivity contribution in [1.29, 1.82) is 0 Å². The van der Waals surface area contributed by atoms with E-state index in [0.717, 1.165) is 11.1 Å². The van der Waals surface area contributed by atoms with Crippen LogP contribution < -0.4 is 0 Å². The van der Waals surface area contributed by atoms with Gasteiger partial charge in [0.1, 0.15) is 0 Å². The molecule has 0 unspecified atom stereocenters. The molecule has 0 radical (unpaired) electrons. The van der Waals surface area contributed by atoms with Crippen LogP contribution in [-0.2, 0) is 11.3 Å². The van der Waals surface area contributed by atoms with E-state index in [1.165, 1.54) is 0 Å². The molecule has 0 aliphatic rings. The number of carbonyl (C=O) groups is 1. The fourth-order valence-corrected chi connectivity index (χ4v) is 1.24. The average molecular weight is 210 g/mol. The van der Waals surface area contributed by atoms with Gasteiger partial charge >= 0.3 is 5.97 Å². The lowest BCUT2D eigenvalue weighted by molar-refractivity contribution is 0.0696. The van der Waals surface area contributed by atoms with Gasteiger partial charge in [0.2, 0.25) is 0 Å². The zero-order valence-corrected chi connectivity index (χ0v) is 8.56. The number of carboxylic acids is 1. The molecule has 0 aliphatic heterocycles. The second-order valence-electron chi connectivity index (χ2n) is 3.22. The van der Waals surface area contributed by atoms with Crippen LogP contribution in [0.3, 0.4) is 0 Å². The summed E-state index contributed by atoms with van der Waals surface area (Å²) >= 11 is 0. The van der Waals surface area contributed by atoms with Crippen LogP contribution in [0.4, 0.5) is 0 Å². The summed E-state index contributed by atoms with van der Waals surface area (Å²) in [6.45, 7) is 2.52. The number of aromatic carboxylic acids is 1. The number of hydrogen-bond donors (Lipinski definition) is 2. The SMILES string of the molecule is Cc1cc(C(=O)O)ccc1COCCO. The minimum absolute atomic E-state index is 0.00768. The predicted octanol–water partition coefficient (Wildman–Crippen LogP) is 1.20. The smallest absolute Gasteiger partial charge is 0.335 e. The van der Waals surface area contributed by atoms with Crippen molar-refractivity contribution in [2.75, 3.05) is 13.2 Å². The quantitative estimate of drug-likeness (QED) is 0.717. The summed E-state index contributed by atoms with van der Waals surface area (Å²) in [7, 11) is 0. The van der Waals surface area contributed by atoms with Gasteiger partial charge in [-0.15, -0.1) is 0 Å². The van der Waals surface area contributed by atoms with E-state index in [0.29, 0.717) is 13.2 Å². The number of hydrogen-bond acceptors (Lipinski definition) is 3. The van der Waals surface area contributed by atoms with Crippen molar-refractivity contribution in [3.05, 3.63) is 34.9 Å². The van der Waals surface area contributed by atoms with Gasteiger partial charge in [-0.25, -0.2) is 4.79 Å². The molecule has 0 atom stereocenters. The van der Waals surface area contributed by atoms with Crippen LogP contribution in [0.15, 0.2) is 18.2 Å². The van der Waals surface area contributed by atoms with Crippen molar-refractivity contribution < 1.29 is 19.7 Å². The summed E-state index contributed by atoms with van der Waals surface area (Å²) in [4.78, 5) is 10.7. The Morgan fingerprint density at radius 3 is 2.73 bits per heavy atom. The largest absolute Gasteiger partial charge is 0.478 e. The van der Waals surface area contributed by atoms with Crippen LogP contribution in [0.1, 0.15) is 21.5 Å². The number of rotatable bonds is 5. The normalized spacial score (nSPS) is 10.3. The molecule has 1 aromatic carbocycles. The second kappa shape index (κ2) is 5.48. The Hall–Kier alpha value is -1.39. The molecule has 82 valence electrons. The maximum absolute atomic E-state index is 10.7. The van der Waals surface area contributed by atoms with E-state index in [1.807, 2.05) is 6.92 Å². The first-order valence-electron chi connectivity index (χ1n) is 4.66. The average Bonchev–Trinajstić information content (AvgIpc) is 2.20. The number of aliphatic hydroxyl groups is 1. The van der Waals surface area contributed by atoms with Crippen molar-refractivity contribution in [2.45, 2.75) is 13.5 Å². The van der Waals surface area contributed by atoms with Gasteiger partial charge in [-0.1, -0.05) is 6.07 Å². The third-order valence-corrected chi connectivity index (χ3v) is 2.08. The van der Waals surface area contributed by atoms with Gasteiger partial charge in [0, 0.05) is 0 Å². The molecule has 0 saturated heterocycles. The lowest BCUT2D eigenvalue weighted by Gasteiger charge is -2.07. The van der Waals surface area contributed by atoms with E-state index in [9.17, 15) is 4.79 Å². The summed E-state index contributed by atoms with van der Waals surface area (Å²) in [5.41, 5.74) is 2.10. The Bertz CT molecular complexity index is 346. The predicted molar refractivity (Wildman–Crippen MR) is 54.9 cm³/mol. The number of aryl methyl sites for hydroxylation is 1. The lowest BCUT2D eigenvalue weighted by atomic mass is 10.1. The Morgan fingerprint density at radius 2 is 2.20 bits per heavy atom. The number of aliphatic hydroxyl groups excluding tert-OH is 1. The van der Waals surface area contributed by atoms with Gasteiger partial charge in [0.25, 0.3) is 0 Å². The zero-order valence-electron chi connectivity index (χ0n) is 8.56. The topological polar surface area (TPSA) is 66.8 Å². The molecule has 0 amide bonds. The van der Waals surface area contributed by atoms with E-state index < -0.39 is 5.97 Å². The van der Waals surface area contributed by atoms with Gasteiger partial charge in [0.15, 0.2) is 0 Å². The van der Waals surface area contributed by atoms with Gasteiger partial charge in [0.05, 0.1) is 25.4 Å². The molecule has 4 heteroatoms. The molecular weight excluding hydrogens is 196 g/mol. The third-order valence-electron chi connectivity index (χ3n) is 2.08. The van der Waals surface area contributed by atoms with Gasteiger partial charge < -0.3 is 14.9 Å². The summed E-state index contributed by atoms with van der Waals surface area (Å²) in [5.74, 6) is -0.930. The van der Waals surface area contributed by atoms with Crippen molar-refractivity contribution in [1.82, 2.24) is 0 Å². The van der Waals surface area contributed by atoms with Crippen molar-refractivity contribution in [3.8, 4) is 0 Å². The molecule has 15 heavy (non-hydrogen) atoms. The number of ether oxygens (including phenoxy) is 1. The molecule has 2 N–H and O–H groups in total. The Morgan fingerprint density at radius 1 is 1.47 bits per heavy atom. The number of benzene rings is 1. The molecule has 1 rings (SSSR count). The van der Waals surface area contributed by atoms with Gasteiger partial charge in [-0.3, -0.25) is 0 Å². The molecule has 4 nitrogen and oxygen atoms in total. The molecule has 0 aliphatic carbocycles. The fourth-order valence-electron chi connectivity index (χ4n) is 1.24.